The Labute approximate surface area is 161 Å². The molecule has 0 bridgehead atoms. The van der Waals surface area contributed by atoms with Crippen molar-refractivity contribution >= 4 is 11.8 Å². The van der Waals surface area contributed by atoms with Crippen LogP contribution in [0.1, 0.15) is 28.2 Å². The van der Waals surface area contributed by atoms with E-state index in [0.29, 0.717) is 13.1 Å². The van der Waals surface area contributed by atoms with Crippen molar-refractivity contribution in [2.45, 2.75) is 27.2 Å². The van der Waals surface area contributed by atoms with Crippen molar-refractivity contribution in [1.29, 1.82) is 0 Å². The second-order valence-electron chi connectivity index (χ2n) is 7.47. The van der Waals surface area contributed by atoms with Crippen LogP contribution in [0.15, 0.2) is 24.3 Å². The van der Waals surface area contributed by atoms with Gasteiger partial charge in [-0.1, -0.05) is 29.8 Å². The van der Waals surface area contributed by atoms with Crippen LogP contribution in [0.5, 0.6) is 0 Å². The summed E-state index contributed by atoms with van der Waals surface area (Å²) in [5, 5.41) is 0. The predicted octanol–water partition coefficient (Wildman–Crippen LogP) is 2.80. The predicted molar refractivity (Wildman–Crippen MR) is 108 cm³/mol. The highest BCUT2D eigenvalue weighted by Crippen LogP contribution is 2.25. The van der Waals surface area contributed by atoms with Crippen molar-refractivity contribution in [1.82, 2.24) is 19.8 Å². The summed E-state index contributed by atoms with van der Waals surface area (Å²) in [6.07, 6.45) is 0.818. The SMILES string of the molecule is Cc1ccc(Cc2c(C)nc(C)nc2N2CCN(C(=O)N(C)C)CC2)cc1. The van der Waals surface area contributed by atoms with Gasteiger partial charge < -0.3 is 14.7 Å². The van der Waals surface area contributed by atoms with E-state index in [9.17, 15) is 4.79 Å². The third kappa shape index (κ3) is 4.38. The van der Waals surface area contributed by atoms with Crippen LogP contribution < -0.4 is 4.90 Å². The van der Waals surface area contributed by atoms with Crippen LogP contribution in [-0.4, -0.2) is 66.1 Å². The average Bonchev–Trinajstić information content (AvgIpc) is 2.64. The van der Waals surface area contributed by atoms with E-state index in [0.717, 1.165) is 36.8 Å². The smallest absolute Gasteiger partial charge is 0.319 e. The lowest BCUT2D eigenvalue weighted by atomic mass is 10.0. The summed E-state index contributed by atoms with van der Waals surface area (Å²) in [5.74, 6) is 1.81. The zero-order valence-electron chi connectivity index (χ0n) is 17.0. The van der Waals surface area contributed by atoms with Gasteiger partial charge in [0.1, 0.15) is 11.6 Å². The third-order valence-electron chi connectivity index (χ3n) is 5.04. The molecule has 0 N–H and O–H groups in total. The quantitative estimate of drug-likeness (QED) is 0.837. The van der Waals surface area contributed by atoms with Crippen molar-refractivity contribution in [2.24, 2.45) is 0 Å². The Balaban J connectivity index is 1.83. The van der Waals surface area contributed by atoms with Gasteiger partial charge in [-0.3, -0.25) is 0 Å². The molecule has 1 aliphatic rings. The molecule has 0 aliphatic carbocycles. The van der Waals surface area contributed by atoms with Crippen LogP contribution in [0.3, 0.4) is 0 Å². The molecular formula is C21H29N5O. The summed E-state index contributed by atoms with van der Waals surface area (Å²) in [6.45, 7) is 9.11. The van der Waals surface area contributed by atoms with Gasteiger partial charge in [0.2, 0.25) is 0 Å². The molecule has 2 aromatic rings. The average molecular weight is 367 g/mol. The molecule has 27 heavy (non-hydrogen) atoms. The van der Waals surface area contributed by atoms with Gasteiger partial charge in [-0.25, -0.2) is 14.8 Å². The fourth-order valence-electron chi connectivity index (χ4n) is 3.49. The number of amides is 2. The standard InChI is InChI=1S/C21H29N5O/c1-15-6-8-18(9-7-15)14-19-16(2)22-17(3)23-20(19)25-10-12-26(13-11-25)21(27)24(4)5/h6-9H,10-14H2,1-5H3. The number of carbonyl (C=O) groups excluding carboxylic acids is 1. The van der Waals surface area contributed by atoms with Crippen LogP contribution in [0.2, 0.25) is 0 Å². The van der Waals surface area contributed by atoms with E-state index in [1.54, 1.807) is 19.0 Å². The summed E-state index contributed by atoms with van der Waals surface area (Å²) >= 11 is 0. The van der Waals surface area contributed by atoms with Crippen molar-refractivity contribution < 1.29 is 4.79 Å². The zero-order chi connectivity index (χ0) is 19.6. The van der Waals surface area contributed by atoms with Crippen LogP contribution in [0, 0.1) is 20.8 Å². The number of anilines is 1. The first kappa shape index (κ1) is 19.1. The minimum absolute atomic E-state index is 0.0737. The molecule has 2 amide bonds. The monoisotopic (exact) mass is 367 g/mol. The van der Waals surface area contributed by atoms with Gasteiger partial charge in [-0.05, 0) is 26.3 Å². The molecule has 3 rings (SSSR count). The molecule has 1 aromatic carbocycles. The van der Waals surface area contributed by atoms with E-state index < -0.39 is 0 Å². The maximum Gasteiger partial charge on any atom is 0.319 e. The lowest BCUT2D eigenvalue weighted by Gasteiger charge is -2.37. The summed E-state index contributed by atoms with van der Waals surface area (Å²) in [6, 6.07) is 8.71. The summed E-state index contributed by atoms with van der Waals surface area (Å²) in [7, 11) is 3.59. The zero-order valence-corrected chi connectivity index (χ0v) is 17.0. The number of nitrogens with zero attached hydrogens (tertiary/aromatic N) is 5. The summed E-state index contributed by atoms with van der Waals surface area (Å²) < 4.78 is 0. The van der Waals surface area contributed by atoms with Crippen molar-refractivity contribution in [2.75, 3.05) is 45.2 Å². The molecule has 0 spiro atoms. The molecule has 0 unspecified atom stereocenters. The highest BCUT2D eigenvalue weighted by molar-refractivity contribution is 5.74. The van der Waals surface area contributed by atoms with Gasteiger partial charge in [0.05, 0.1) is 0 Å². The number of carbonyl (C=O) groups is 1. The van der Waals surface area contributed by atoms with E-state index in [2.05, 4.69) is 48.0 Å². The van der Waals surface area contributed by atoms with Crippen LogP contribution in [0.4, 0.5) is 10.6 Å². The number of benzene rings is 1. The lowest BCUT2D eigenvalue weighted by molar-refractivity contribution is 0.168. The Bertz CT molecular complexity index is 808. The Morgan fingerprint density at radius 3 is 2.22 bits per heavy atom. The molecule has 1 aliphatic heterocycles. The maximum atomic E-state index is 12.2. The minimum Gasteiger partial charge on any atom is -0.353 e. The van der Waals surface area contributed by atoms with Crippen molar-refractivity contribution in [3.63, 3.8) is 0 Å². The van der Waals surface area contributed by atoms with E-state index >= 15 is 0 Å². The Morgan fingerprint density at radius 2 is 1.63 bits per heavy atom. The number of piperazine rings is 1. The summed E-state index contributed by atoms with van der Waals surface area (Å²) in [5.41, 5.74) is 4.73. The molecule has 0 saturated carbocycles. The second-order valence-corrected chi connectivity index (χ2v) is 7.47. The van der Waals surface area contributed by atoms with E-state index in [1.165, 1.54) is 16.7 Å². The Kier molecular flexibility index (Phi) is 5.63. The topological polar surface area (TPSA) is 52.6 Å². The first-order chi connectivity index (χ1) is 12.8. The van der Waals surface area contributed by atoms with Crippen molar-refractivity contribution in [3.05, 3.63) is 52.5 Å². The molecule has 144 valence electrons. The molecule has 2 heterocycles. The number of hydrogen-bond donors (Lipinski definition) is 0. The lowest BCUT2D eigenvalue weighted by Crippen LogP contribution is -2.52. The molecule has 1 saturated heterocycles. The number of urea groups is 1. The summed E-state index contributed by atoms with van der Waals surface area (Å²) in [4.78, 5) is 27.4. The van der Waals surface area contributed by atoms with Gasteiger partial charge in [-0.15, -0.1) is 0 Å². The third-order valence-corrected chi connectivity index (χ3v) is 5.04. The highest BCUT2D eigenvalue weighted by Gasteiger charge is 2.25. The van der Waals surface area contributed by atoms with Crippen LogP contribution >= 0.6 is 0 Å². The van der Waals surface area contributed by atoms with Gasteiger partial charge in [0, 0.05) is 58.0 Å². The molecule has 6 nitrogen and oxygen atoms in total. The number of rotatable bonds is 3. The van der Waals surface area contributed by atoms with Gasteiger partial charge >= 0.3 is 6.03 Å². The van der Waals surface area contributed by atoms with Crippen molar-refractivity contribution in [3.8, 4) is 0 Å². The first-order valence-electron chi connectivity index (χ1n) is 9.46. The second kappa shape index (κ2) is 7.94. The van der Waals surface area contributed by atoms with Gasteiger partial charge in [-0.2, -0.15) is 0 Å². The fourth-order valence-corrected chi connectivity index (χ4v) is 3.49. The molecule has 0 atom stereocenters. The molecule has 6 heteroatoms. The van der Waals surface area contributed by atoms with E-state index in [-0.39, 0.29) is 6.03 Å². The molecule has 1 fully saturated rings. The van der Waals surface area contributed by atoms with E-state index in [1.807, 2.05) is 11.8 Å². The van der Waals surface area contributed by atoms with Gasteiger partial charge in [0.25, 0.3) is 0 Å². The number of aromatic nitrogens is 2. The van der Waals surface area contributed by atoms with Crippen LogP contribution in [-0.2, 0) is 6.42 Å². The fraction of sp³-hybridized carbons (Fsp3) is 0.476. The van der Waals surface area contributed by atoms with E-state index in [4.69, 9.17) is 4.98 Å². The highest BCUT2D eigenvalue weighted by atomic mass is 16.2. The number of hydrogen-bond acceptors (Lipinski definition) is 4. The normalized spacial score (nSPS) is 14.4. The Morgan fingerprint density at radius 1 is 1.00 bits per heavy atom. The Hall–Kier alpha value is -2.63. The molecular weight excluding hydrogens is 338 g/mol. The first-order valence-corrected chi connectivity index (χ1v) is 9.46. The molecule has 1 aromatic heterocycles. The molecule has 0 radical (unpaired) electrons. The largest absolute Gasteiger partial charge is 0.353 e. The van der Waals surface area contributed by atoms with Gasteiger partial charge in [0.15, 0.2) is 0 Å². The minimum atomic E-state index is 0.0737. The number of aryl methyl sites for hydroxylation is 3. The van der Waals surface area contributed by atoms with Crippen LogP contribution in [0.25, 0.3) is 0 Å². The maximum absolute atomic E-state index is 12.2.